The number of thiocarbonyl (C=S) groups is 1. The van der Waals surface area contributed by atoms with E-state index in [2.05, 4.69) is 41.0 Å². The van der Waals surface area contributed by atoms with Gasteiger partial charge in [0.05, 0.1) is 5.69 Å². The number of nitrogens with zero attached hydrogens (tertiary/aromatic N) is 3. The number of hydrogen-bond donors (Lipinski definition) is 2. The molecule has 0 aliphatic carbocycles. The quantitative estimate of drug-likeness (QED) is 0.313. The molecule has 1 aromatic rings. The molecule has 0 atom stereocenters. The van der Waals surface area contributed by atoms with Crippen molar-refractivity contribution in [1.29, 1.82) is 0 Å². The summed E-state index contributed by atoms with van der Waals surface area (Å²) in [5.74, 6) is 0. The van der Waals surface area contributed by atoms with Crippen molar-refractivity contribution in [3.05, 3.63) is 30.3 Å². The first-order chi connectivity index (χ1) is 14.4. The van der Waals surface area contributed by atoms with Crippen LogP contribution in [-0.2, 0) is 0 Å². The van der Waals surface area contributed by atoms with Gasteiger partial charge in [0.25, 0.3) is 0 Å². The lowest BCUT2D eigenvalue weighted by Gasteiger charge is -2.50. The van der Waals surface area contributed by atoms with Crippen molar-refractivity contribution >= 4 is 30.4 Å². The number of rotatable bonds is 4. The van der Waals surface area contributed by atoms with Crippen LogP contribution < -0.4 is 10.9 Å². The Kier molecular flexibility index (Phi) is 8.76. The van der Waals surface area contributed by atoms with E-state index in [0.29, 0.717) is 5.11 Å². The van der Waals surface area contributed by atoms with Crippen molar-refractivity contribution in [3.8, 4) is 0 Å². The van der Waals surface area contributed by atoms with E-state index in [-0.39, 0.29) is 5.16 Å². The number of nitrogens with one attached hydrogen (secondary N) is 2. The Morgan fingerprint density at radius 3 is 1.73 bits per heavy atom. The number of para-hydroxylation sites is 1. The molecule has 2 aliphatic rings. The average molecular weight is 450 g/mol. The Hall–Kier alpha value is -0.940. The van der Waals surface area contributed by atoms with Gasteiger partial charge in [0.1, 0.15) is 7.36 Å². The van der Waals surface area contributed by atoms with E-state index in [0.717, 1.165) is 31.9 Å². The summed E-state index contributed by atoms with van der Waals surface area (Å²) < 4.78 is 10.9. The van der Waals surface area contributed by atoms with E-state index in [1.165, 1.54) is 51.4 Å². The van der Waals surface area contributed by atoms with Crippen LogP contribution >= 0.6 is 19.6 Å². The summed E-state index contributed by atoms with van der Waals surface area (Å²) in [6.07, 6.45) is 10.4. The largest absolute Gasteiger partial charge is 0.299 e. The van der Waals surface area contributed by atoms with Crippen LogP contribution in [0.3, 0.4) is 0 Å². The highest BCUT2D eigenvalue weighted by atomic mass is 32.1. The second kappa shape index (κ2) is 11.1. The predicted octanol–water partition coefficient (Wildman–Crippen LogP) is 6.47. The standard InChI is InChI=1S/C23H40N5PS/c1-23(2,3)29(27-17-11-4-5-12-18-27,28-19-13-6-7-14-20-28)26-22(30)25-24-21-15-9-8-10-16-21/h8-10,15-16,24H,4-7,11-14,17-20H2,1-3H3,(H,25,30). The van der Waals surface area contributed by atoms with Gasteiger partial charge in [-0.3, -0.25) is 20.2 Å². The number of benzene rings is 1. The Balaban J connectivity index is 1.96. The summed E-state index contributed by atoms with van der Waals surface area (Å²) in [5, 5.41) is 0.621. The summed E-state index contributed by atoms with van der Waals surface area (Å²) >= 11 is 5.81. The normalized spacial score (nSPS) is 20.1. The molecule has 30 heavy (non-hydrogen) atoms. The lowest BCUT2D eigenvalue weighted by Crippen LogP contribution is -2.42. The molecule has 2 fully saturated rings. The highest BCUT2D eigenvalue weighted by Gasteiger charge is 2.44. The number of hydrogen-bond acceptors (Lipinski definition) is 2. The Labute approximate surface area is 189 Å². The maximum absolute atomic E-state index is 5.81. The minimum atomic E-state index is -2.02. The van der Waals surface area contributed by atoms with Crippen LogP contribution in [0.1, 0.15) is 72.1 Å². The average Bonchev–Trinajstić information content (AvgIpc) is 3.16. The monoisotopic (exact) mass is 449 g/mol. The van der Waals surface area contributed by atoms with Crippen LogP contribution in [0.25, 0.3) is 0 Å². The summed E-state index contributed by atoms with van der Waals surface area (Å²) in [4.78, 5) is 0. The highest BCUT2D eigenvalue weighted by molar-refractivity contribution is 7.81. The van der Waals surface area contributed by atoms with Gasteiger partial charge in [0, 0.05) is 31.3 Å². The van der Waals surface area contributed by atoms with Gasteiger partial charge in [-0.25, -0.2) is 4.74 Å². The van der Waals surface area contributed by atoms with Crippen molar-refractivity contribution < 1.29 is 0 Å². The van der Waals surface area contributed by atoms with Gasteiger partial charge in [-0.15, -0.1) is 0 Å². The molecule has 168 valence electrons. The molecule has 7 heteroatoms. The molecule has 0 unspecified atom stereocenters. The van der Waals surface area contributed by atoms with Crippen molar-refractivity contribution in [2.45, 2.75) is 77.3 Å². The smallest absolute Gasteiger partial charge is 0.212 e. The van der Waals surface area contributed by atoms with Gasteiger partial charge in [-0.2, -0.15) is 0 Å². The second-order valence-electron chi connectivity index (χ2n) is 9.50. The Bertz CT molecular complexity index is 691. The van der Waals surface area contributed by atoms with Crippen LogP contribution in [-0.4, -0.2) is 45.8 Å². The van der Waals surface area contributed by atoms with E-state index in [1.807, 2.05) is 30.3 Å². The lowest BCUT2D eigenvalue weighted by atomic mass is 10.2. The summed E-state index contributed by atoms with van der Waals surface area (Å²) in [6.45, 7) is 11.7. The molecule has 0 amide bonds. The molecule has 0 aromatic heterocycles. The molecular formula is C23H40N5PS. The maximum Gasteiger partial charge on any atom is 0.212 e. The first kappa shape index (κ1) is 23.7. The van der Waals surface area contributed by atoms with Crippen molar-refractivity contribution in [1.82, 2.24) is 14.8 Å². The summed E-state index contributed by atoms with van der Waals surface area (Å²) in [7, 11) is -2.02. The molecular weight excluding hydrogens is 409 g/mol. The third-order valence-electron chi connectivity index (χ3n) is 6.17. The van der Waals surface area contributed by atoms with Crippen molar-refractivity contribution in [3.63, 3.8) is 0 Å². The first-order valence-electron chi connectivity index (χ1n) is 11.7. The topological polar surface area (TPSA) is 42.9 Å². The molecule has 2 heterocycles. The predicted molar refractivity (Wildman–Crippen MR) is 135 cm³/mol. The van der Waals surface area contributed by atoms with Gasteiger partial charge in [-0.05, 0) is 50.0 Å². The van der Waals surface area contributed by atoms with E-state index in [4.69, 9.17) is 17.0 Å². The second-order valence-corrected chi connectivity index (χ2v) is 13.7. The molecule has 2 saturated heterocycles. The molecule has 2 N–H and O–H groups in total. The molecule has 1 aromatic carbocycles. The maximum atomic E-state index is 5.81. The number of anilines is 1. The van der Waals surface area contributed by atoms with E-state index >= 15 is 0 Å². The fourth-order valence-corrected chi connectivity index (χ4v) is 9.75. The van der Waals surface area contributed by atoms with E-state index < -0.39 is 7.36 Å². The van der Waals surface area contributed by atoms with Gasteiger partial charge in [0.2, 0.25) is 5.11 Å². The summed E-state index contributed by atoms with van der Waals surface area (Å²) in [6, 6.07) is 10.1. The van der Waals surface area contributed by atoms with Crippen LogP contribution in [0.15, 0.2) is 35.1 Å². The van der Waals surface area contributed by atoms with Crippen LogP contribution in [0.2, 0.25) is 0 Å². The molecule has 0 spiro atoms. The highest BCUT2D eigenvalue weighted by Crippen LogP contribution is 2.66. The third kappa shape index (κ3) is 5.85. The van der Waals surface area contributed by atoms with Gasteiger partial charge in [-0.1, -0.05) is 64.7 Å². The van der Waals surface area contributed by atoms with Gasteiger partial charge < -0.3 is 0 Å². The summed E-state index contributed by atoms with van der Waals surface area (Å²) in [5.41, 5.74) is 7.47. The van der Waals surface area contributed by atoms with E-state index in [9.17, 15) is 0 Å². The molecule has 0 saturated carbocycles. The minimum Gasteiger partial charge on any atom is -0.299 e. The SMILES string of the molecule is CC(C)(C)P(=NC(=S)NNc1ccccc1)(N1CCCCCC1)N1CCCCCC1. The van der Waals surface area contributed by atoms with Crippen molar-refractivity contribution in [2.75, 3.05) is 31.6 Å². The Morgan fingerprint density at radius 1 is 0.833 bits per heavy atom. The van der Waals surface area contributed by atoms with E-state index in [1.54, 1.807) is 0 Å². The molecule has 0 radical (unpaired) electrons. The zero-order valence-electron chi connectivity index (χ0n) is 19.1. The minimum absolute atomic E-state index is 0.0418. The fraction of sp³-hybridized carbons (Fsp3) is 0.696. The molecule has 5 nitrogen and oxygen atoms in total. The molecule has 0 bridgehead atoms. The first-order valence-corrected chi connectivity index (χ1v) is 13.7. The van der Waals surface area contributed by atoms with Crippen LogP contribution in [0, 0.1) is 0 Å². The van der Waals surface area contributed by atoms with Crippen LogP contribution in [0.4, 0.5) is 5.69 Å². The lowest BCUT2D eigenvalue weighted by molar-refractivity contribution is 0.368. The van der Waals surface area contributed by atoms with Gasteiger partial charge in [0.15, 0.2) is 0 Å². The van der Waals surface area contributed by atoms with Crippen LogP contribution in [0.5, 0.6) is 0 Å². The third-order valence-corrected chi connectivity index (χ3v) is 11.2. The fourth-order valence-electron chi connectivity index (χ4n) is 4.77. The zero-order valence-corrected chi connectivity index (χ0v) is 20.8. The van der Waals surface area contributed by atoms with Crippen molar-refractivity contribution in [2.24, 2.45) is 4.74 Å². The number of hydrazine groups is 1. The van der Waals surface area contributed by atoms with Gasteiger partial charge >= 0.3 is 0 Å². The Morgan fingerprint density at radius 2 is 1.30 bits per heavy atom. The molecule has 2 aliphatic heterocycles. The molecule has 3 rings (SSSR count). The zero-order chi connectivity index (χ0) is 21.5.